The maximum absolute atomic E-state index is 11.2. The van der Waals surface area contributed by atoms with Crippen LogP contribution in [-0.4, -0.2) is 23.7 Å². The molecule has 0 radical (unpaired) electrons. The van der Waals surface area contributed by atoms with Gasteiger partial charge in [-0.3, -0.25) is 9.59 Å². The van der Waals surface area contributed by atoms with Gasteiger partial charge in [-0.2, -0.15) is 0 Å². The predicted octanol–water partition coefficient (Wildman–Crippen LogP) is 2.12. The van der Waals surface area contributed by atoms with Crippen molar-refractivity contribution in [1.29, 1.82) is 0 Å². The van der Waals surface area contributed by atoms with E-state index in [-0.39, 0.29) is 12.4 Å². The molecule has 1 aromatic carbocycles. The van der Waals surface area contributed by atoms with Gasteiger partial charge >= 0.3 is 11.9 Å². The number of ether oxygens (including phenoxy) is 1. The molecule has 0 heterocycles. The summed E-state index contributed by atoms with van der Waals surface area (Å²) in [6.45, 7) is 4.04. The van der Waals surface area contributed by atoms with Gasteiger partial charge in [-0.1, -0.05) is 18.2 Å². The summed E-state index contributed by atoms with van der Waals surface area (Å²) in [6, 6.07) is 5.65. The minimum absolute atomic E-state index is 0.0130. The Hall–Kier alpha value is -1.84. The number of hydrogen-bond acceptors (Lipinski definition) is 3. The first-order valence-electron chi connectivity index (χ1n) is 5.98. The van der Waals surface area contributed by atoms with Crippen LogP contribution < -0.4 is 0 Å². The van der Waals surface area contributed by atoms with Crippen LogP contribution in [0.5, 0.6) is 0 Å². The Morgan fingerprint density at radius 1 is 1.33 bits per heavy atom. The summed E-state index contributed by atoms with van der Waals surface area (Å²) >= 11 is 0. The molecular weight excluding hydrogens is 232 g/mol. The number of rotatable bonds is 6. The molecule has 0 spiro atoms. The Labute approximate surface area is 107 Å². The molecule has 1 N–H and O–H groups in total. The van der Waals surface area contributed by atoms with E-state index in [9.17, 15) is 9.59 Å². The summed E-state index contributed by atoms with van der Waals surface area (Å²) in [4.78, 5) is 21.9. The number of aliphatic carboxylic acids is 1. The SMILES string of the molecule is CCOC(=O)CCc1ccc(C)c(CC(=O)O)c1. The van der Waals surface area contributed by atoms with Gasteiger partial charge in [0, 0.05) is 6.42 Å². The van der Waals surface area contributed by atoms with Crippen molar-refractivity contribution in [3.63, 3.8) is 0 Å². The Morgan fingerprint density at radius 3 is 2.67 bits per heavy atom. The molecule has 1 aromatic rings. The second-order valence-corrected chi connectivity index (χ2v) is 4.14. The van der Waals surface area contributed by atoms with Gasteiger partial charge in [-0.25, -0.2) is 0 Å². The molecular formula is C14H18O4. The van der Waals surface area contributed by atoms with E-state index >= 15 is 0 Å². The van der Waals surface area contributed by atoms with Crippen LogP contribution in [0.2, 0.25) is 0 Å². The van der Waals surface area contributed by atoms with Gasteiger partial charge in [0.15, 0.2) is 0 Å². The first kappa shape index (κ1) is 14.2. The van der Waals surface area contributed by atoms with Crippen LogP contribution in [0.4, 0.5) is 0 Å². The summed E-state index contributed by atoms with van der Waals surface area (Å²) in [5.41, 5.74) is 2.71. The zero-order valence-electron chi connectivity index (χ0n) is 10.7. The van der Waals surface area contributed by atoms with Crippen LogP contribution in [0.3, 0.4) is 0 Å². The van der Waals surface area contributed by atoms with Gasteiger partial charge in [0.05, 0.1) is 13.0 Å². The molecule has 0 aliphatic carbocycles. The normalized spacial score (nSPS) is 10.1. The lowest BCUT2D eigenvalue weighted by Gasteiger charge is -2.07. The summed E-state index contributed by atoms with van der Waals surface area (Å²) < 4.78 is 4.85. The van der Waals surface area contributed by atoms with Gasteiger partial charge in [-0.15, -0.1) is 0 Å². The van der Waals surface area contributed by atoms with E-state index in [1.807, 2.05) is 25.1 Å². The average molecular weight is 250 g/mol. The van der Waals surface area contributed by atoms with E-state index in [0.29, 0.717) is 19.4 Å². The third-order valence-corrected chi connectivity index (χ3v) is 2.68. The molecule has 0 aliphatic heterocycles. The average Bonchev–Trinajstić information content (AvgIpc) is 2.30. The molecule has 0 aromatic heterocycles. The highest BCUT2D eigenvalue weighted by Crippen LogP contribution is 2.13. The van der Waals surface area contributed by atoms with Crippen molar-refractivity contribution in [3.8, 4) is 0 Å². The van der Waals surface area contributed by atoms with Gasteiger partial charge in [0.1, 0.15) is 0 Å². The molecule has 0 aliphatic rings. The molecule has 0 unspecified atom stereocenters. The van der Waals surface area contributed by atoms with Crippen LogP contribution in [0.25, 0.3) is 0 Å². The fourth-order valence-corrected chi connectivity index (χ4v) is 1.71. The lowest BCUT2D eigenvalue weighted by atomic mass is 10.00. The van der Waals surface area contributed by atoms with Crippen LogP contribution in [-0.2, 0) is 27.2 Å². The van der Waals surface area contributed by atoms with Crippen LogP contribution >= 0.6 is 0 Å². The zero-order chi connectivity index (χ0) is 13.5. The maximum atomic E-state index is 11.2. The molecule has 4 nitrogen and oxygen atoms in total. The van der Waals surface area contributed by atoms with Gasteiger partial charge < -0.3 is 9.84 Å². The fraction of sp³-hybridized carbons (Fsp3) is 0.429. The smallest absolute Gasteiger partial charge is 0.307 e. The molecule has 4 heteroatoms. The monoisotopic (exact) mass is 250 g/mol. The second-order valence-electron chi connectivity index (χ2n) is 4.14. The number of carboxylic acid groups (broad SMARTS) is 1. The van der Waals surface area contributed by atoms with Crippen molar-refractivity contribution in [3.05, 3.63) is 34.9 Å². The Morgan fingerprint density at radius 2 is 2.06 bits per heavy atom. The zero-order valence-corrected chi connectivity index (χ0v) is 10.7. The van der Waals surface area contributed by atoms with Crippen molar-refractivity contribution in [2.75, 3.05) is 6.61 Å². The molecule has 18 heavy (non-hydrogen) atoms. The quantitative estimate of drug-likeness (QED) is 0.785. The van der Waals surface area contributed by atoms with E-state index in [4.69, 9.17) is 9.84 Å². The van der Waals surface area contributed by atoms with Gasteiger partial charge in [-0.05, 0) is 37.0 Å². The first-order valence-corrected chi connectivity index (χ1v) is 5.98. The fourth-order valence-electron chi connectivity index (χ4n) is 1.71. The van der Waals surface area contributed by atoms with Crippen LogP contribution in [0.15, 0.2) is 18.2 Å². The number of carbonyl (C=O) groups is 2. The highest BCUT2D eigenvalue weighted by molar-refractivity contribution is 5.71. The summed E-state index contributed by atoms with van der Waals surface area (Å²) in [5, 5.41) is 8.80. The van der Waals surface area contributed by atoms with Crippen molar-refractivity contribution in [2.45, 2.75) is 33.1 Å². The van der Waals surface area contributed by atoms with E-state index in [1.165, 1.54) is 0 Å². The third-order valence-electron chi connectivity index (χ3n) is 2.68. The first-order chi connectivity index (χ1) is 8.52. The van der Waals surface area contributed by atoms with Gasteiger partial charge in [0.2, 0.25) is 0 Å². The standard InChI is InChI=1S/C14H18O4/c1-3-18-14(17)7-6-11-5-4-10(2)12(8-11)9-13(15)16/h4-5,8H,3,6-7,9H2,1-2H3,(H,15,16). The Bertz CT molecular complexity index is 437. The summed E-state index contributed by atoms with van der Waals surface area (Å²) in [6.07, 6.45) is 0.911. The minimum atomic E-state index is -0.847. The third kappa shape index (κ3) is 4.57. The van der Waals surface area contributed by atoms with Crippen molar-refractivity contribution >= 4 is 11.9 Å². The molecule has 0 atom stereocenters. The van der Waals surface area contributed by atoms with Crippen molar-refractivity contribution < 1.29 is 19.4 Å². The lowest BCUT2D eigenvalue weighted by molar-refractivity contribution is -0.143. The van der Waals surface area contributed by atoms with E-state index in [2.05, 4.69) is 0 Å². The highest BCUT2D eigenvalue weighted by Gasteiger charge is 2.07. The topological polar surface area (TPSA) is 63.6 Å². The molecule has 0 fully saturated rings. The largest absolute Gasteiger partial charge is 0.481 e. The second kappa shape index (κ2) is 6.79. The highest BCUT2D eigenvalue weighted by atomic mass is 16.5. The predicted molar refractivity (Wildman–Crippen MR) is 67.5 cm³/mol. The van der Waals surface area contributed by atoms with Crippen molar-refractivity contribution in [2.24, 2.45) is 0 Å². The maximum Gasteiger partial charge on any atom is 0.307 e. The minimum Gasteiger partial charge on any atom is -0.481 e. The number of aryl methyl sites for hydroxylation is 2. The summed E-state index contributed by atoms with van der Waals surface area (Å²) in [7, 11) is 0. The van der Waals surface area contributed by atoms with Crippen LogP contribution in [0.1, 0.15) is 30.0 Å². The number of esters is 1. The van der Waals surface area contributed by atoms with E-state index < -0.39 is 5.97 Å². The van der Waals surface area contributed by atoms with E-state index in [0.717, 1.165) is 16.7 Å². The number of carbonyl (C=O) groups excluding carboxylic acids is 1. The Kier molecular flexibility index (Phi) is 5.36. The van der Waals surface area contributed by atoms with Crippen LogP contribution in [0, 0.1) is 6.92 Å². The molecule has 0 amide bonds. The Balaban J connectivity index is 2.67. The van der Waals surface area contributed by atoms with Crippen molar-refractivity contribution in [1.82, 2.24) is 0 Å². The molecule has 0 saturated carbocycles. The lowest BCUT2D eigenvalue weighted by Crippen LogP contribution is -2.06. The molecule has 1 rings (SSSR count). The van der Waals surface area contributed by atoms with Gasteiger partial charge in [0.25, 0.3) is 0 Å². The summed E-state index contributed by atoms with van der Waals surface area (Å²) in [5.74, 6) is -1.07. The number of benzene rings is 1. The number of carboxylic acids is 1. The molecule has 0 saturated heterocycles. The number of hydrogen-bond donors (Lipinski definition) is 1. The molecule has 0 bridgehead atoms. The van der Waals surface area contributed by atoms with E-state index in [1.54, 1.807) is 6.92 Å². The molecule has 98 valence electrons.